The van der Waals surface area contributed by atoms with E-state index in [-0.39, 0.29) is 0 Å². The quantitative estimate of drug-likeness (QED) is 0.933. The molecule has 0 spiro atoms. The van der Waals surface area contributed by atoms with E-state index < -0.39 is 0 Å². The SMILES string of the molecule is Cc1cccc2c1OCCCC2NCCc1cccnc1. The van der Waals surface area contributed by atoms with Crippen molar-refractivity contribution in [1.29, 1.82) is 0 Å². The number of rotatable bonds is 4. The van der Waals surface area contributed by atoms with Crippen molar-refractivity contribution in [2.45, 2.75) is 32.2 Å². The third-order valence-corrected chi connectivity index (χ3v) is 4.03. The van der Waals surface area contributed by atoms with Crippen LogP contribution < -0.4 is 10.1 Å². The normalized spacial score (nSPS) is 17.7. The molecular weight excluding hydrogens is 260 g/mol. The summed E-state index contributed by atoms with van der Waals surface area (Å²) in [5.41, 5.74) is 3.81. The third kappa shape index (κ3) is 3.42. The van der Waals surface area contributed by atoms with Gasteiger partial charge >= 0.3 is 0 Å². The molecule has 2 aromatic rings. The lowest BCUT2D eigenvalue weighted by molar-refractivity contribution is 0.313. The minimum atomic E-state index is 0.388. The van der Waals surface area contributed by atoms with Crippen LogP contribution in [-0.4, -0.2) is 18.1 Å². The molecule has 1 aliphatic rings. The first-order valence-electron chi connectivity index (χ1n) is 7.69. The second-order valence-corrected chi connectivity index (χ2v) is 5.60. The lowest BCUT2D eigenvalue weighted by Gasteiger charge is -2.19. The van der Waals surface area contributed by atoms with Crippen molar-refractivity contribution in [2.75, 3.05) is 13.2 Å². The lowest BCUT2D eigenvalue weighted by Crippen LogP contribution is -2.23. The molecule has 0 fully saturated rings. The molecule has 0 amide bonds. The highest BCUT2D eigenvalue weighted by molar-refractivity contribution is 5.43. The van der Waals surface area contributed by atoms with Gasteiger partial charge in [0, 0.05) is 24.0 Å². The molecule has 2 heterocycles. The van der Waals surface area contributed by atoms with Gasteiger partial charge in [0.05, 0.1) is 6.61 Å². The monoisotopic (exact) mass is 282 g/mol. The van der Waals surface area contributed by atoms with Gasteiger partial charge < -0.3 is 10.1 Å². The second-order valence-electron chi connectivity index (χ2n) is 5.60. The van der Waals surface area contributed by atoms with Crippen molar-refractivity contribution in [3.63, 3.8) is 0 Å². The highest BCUT2D eigenvalue weighted by Gasteiger charge is 2.20. The van der Waals surface area contributed by atoms with Gasteiger partial charge in [-0.25, -0.2) is 0 Å². The summed E-state index contributed by atoms with van der Waals surface area (Å²) in [4.78, 5) is 4.16. The molecule has 0 bridgehead atoms. The van der Waals surface area contributed by atoms with E-state index in [2.05, 4.69) is 41.5 Å². The van der Waals surface area contributed by atoms with Crippen LogP contribution in [-0.2, 0) is 6.42 Å². The van der Waals surface area contributed by atoms with Crippen LogP contribution in [0.4, 0.5) is 0 Å². The van der Waals surface area contributed by atoms with Crippen LogP contribution in [0.1, 0.15) is 35.6 Å². The molecule has 1 aliphatic heterocycles. The zero-order valence-corrected chi connectivity index (χ0v) is 12.5. The van der Waals surface area contributed by atoms with Crippen molar-refractivity contribution in [3.8, 4) is 5.75 Å². The molecule has 0 radical (unpaired) electrons. The molecule has 3 nitrogen and oxygen atoms in total. The van der Waals surface area contributed by atoms with E-state index in [4.69, 9.17) is 4.74 Å². The van der Waals surface area contributed by atoms with E-state index in [1.165, 1.54) is 16.7 Å². The summed E-state index contributed by atoms with van der Waals surface area (Å²) >= 11 is 0. The first-order valence-corrected chi connectivity index (χ1v) is 7.69. The van der Waals surface area contributed by atoms with Crippen LogP contribution >= 0.6 is 0 Å². The molecule has 3 heteroatoms. The Kier molecular flexibility index (Phi) is 4.51. The van der Waals surface area contributed by atoms with E-state index >= 15 is 0 Å². The van der Waals surface area contributed by atoms with Crippen molar-refractivity contribution >= 4 is 0 Å². The van der Waals surface area contributed by atoms with Gasteiger partial charge in [-0.1, -0.05) is 24.3 Å². The number of aryl methyl sites for hydroxylation is 1. The highest BCUT2D eigenvalue weighted by atomic mass is 16.5. The maximum Gasteiger partial charge on any atom is 0.126 e. The van der Waals surface area contributed by atoms with E-state index in [9.17, 15) is 0 Å². The molecule has 1 aromatic heterocycles. The van der Waals surface area contributed by atoms with E-state index in [1.54, 1.807) is 0 Å². The number of nitrogens with one attached hydrogen (secondary N) is 1. The number of hydrogen-bond donors (Lipinski definition) is 1. The predicted molar refractivity (Wildman–Crippen MR) is 84.6 cm³/mol. The average Bonchev–Trinajstić information content (AvgIpc) is 2.72. The number of para-hydroxylation sites is 1. The summed E-state index contributed by atoms with van der Waals surface area (Å²) in [6, 6.07) is 10.9. The number of aromatic nitrogens is 1. The van der Waals surface area contributed by atoms with Gasteiger partial charge in [0.2, 0.25) is 0 Å². The molecule has 1 unspecified atom stereocenters. The van der Waals surface area contributed by atoms with Crippen molar-refractivity contribution in [1.82, 2.24) is 10.3 Å². The standard InChI is InChI=1S/C18H22N2O/c1-14-5-2-7-16-17(8-4-12-21-18(14)16)20-11-9-15-6-3-10-19-13-15/h2-3,5-7,10,13,17,20H,4,8-9,11-12H2,1H3. The van der Waals surface area contributed by atoms with Crippen LogP contribution in [0.5, 0.6) is 5.75 Å². The average molecular weight is 282 g/mol. The van der Waals surface area contributed by atoms with Gasteiger partial charge in [0.1, 0.15) is 5.75 Å². The van der Waals surface area contributed by atoms with E-state index in [1.807, 2.05) is 18.5 Å². The molecule has 0 saturated carbocycles. The van der Waals surface area contributed by atoms with Gasteiger partial charge in [-0.15, -0.1) is 0 Å². The zero-order valence-electron chi connectivity index (χ0n) is 12.5. The van der Waals surface area contributed by atoms with Gasteiger partial charge in [-0.3, -0.25) is 4.98 Å². The van der Waals surface area contributed by atoms with Gasteiger partial charge in [-0.2, -0.15) is 0 Å². The van der Waals surface area contributed by atoms with Crippen molar-refractivity contribution < 1.29 is 4.74 Å². The van der Waals surface area contributed by atoms with Crippen LogP contribution in [0, 0.1) is 6.92 Å². The Morgan fingerprint density at radius 1 is 1.29 bits per heavy atom. The summed E-state index contributed by atoms with van der Waals surface area (Å²) in [5.74, 6) is 1.08. The maximum absolute atomic E-state index is 5.92. The lowest BCUT2D eigenvalue weighted by atomic mass is 9.99. The first kappa shape index (κ1) is 14.1. The fraction of sp³-hybridized carbons (Fsp3) is 0.389. The number of fused-ring (bicyclic) bond motifs is 1. The minimum absolute atomic E-state index is 0.388. The van der Waals surface area contributed by atoms with Crippen LogP contribution in [0.2, 0.25) is 0 Å². The molecule has 1 N–H and O–H groups in total. The van der Waals surface area contributed by atoms with Crippen molar-refractivity contribution in [2.24, 2.45) is 0 Å². The van der Waals surface area contributed by atoms with Crippen LogP contribution in [0.3, 0.4) is 0 Å². The molecule has 21 heavy (non-hydrogen) atoms. The Balaban J connectivity index is 1.67. The zero-order chi connectivity index (χ0) is 14.5. The molecule has 0 aliphatic carbocycles. The van der Waals surface area contributed by atoms with Crippen LogP contribution in [0.25, 0.3) is 0 Å². The molecule has 110 valence electrons. The first-order chi connectivity index (χ1) is 10.3. The summed E-state index contributed by atoms with van der Waals surface area (Å²) < 4.78 is 5.92. The summed E-state index contributed by atoms with van der Waals surface area (Å²) in [6.07, 6.45) is 6.99. The largest absolute Gasteiger partial charge is 0.493 e. The van der Waals surface area contributed by atoms with E-state index in [0.29, 0.717) is 6.04 Å². The Morgan fingerprint density at radius 2 is 2.24 bits per heavy atom. The fourth-order valence-corrected chi connectivity index (χ4v) is 2.91. The van der Waals surface area contributed by atoms with E-state index in [0.717, 1.165) is 38.2 Å². The van der Waals surface area contributed by atoms with Gasteiger partial charge in [0.25, 0.3) is 0 Å². The third-order valence-electron chi connectivity index (χ3n) is 4.03. The number of hydrogen-bond acceptors (Lipinski definition) is 3. The Labute approximate surface area is 126 Å². The molecule has 0 saturated heterocycles. The Bertz CT molecular complexity index is 583. The molecule has 1 atom stereocenters. The number of pyridine rings is 1. The van der Waals surface area contributed by atoms with Crippen LogP contribution in [0.15, 0.2) is 42.7 Å². The summed E-state index contributed by atoms with van der Waals surface area (Å²) in [6.45, 7) is 3.90. The van der Waals surface area contributed by atoms with Crippen molar-refractivity contribution in [3.05, 3.63) is 59.4 Å². The smallest absolute Gasteiger partial charge is 0.126 e. The Morgan fingerprint density at radius 3 is 3.10 bits per heavy atom. The number of ether oxygens (including phenoxy) is 1. The maximum atomic E-state index is 5.92. The number of nitrogens with zero attached hydrogens (tertiary/aromatic N) is 1. The van der Waals surface area contributed by atoms with Gasteiger partial charge in [0.15, 0.2) is 0 Å². The predicted octanol–water partition coefficient (Wildman–Crippen LogP) is 3.44. The molecule has 3 rings (SSSR count). The summed E-state index contributed by atoms with van der Waals surface area (Å²) in [7, 11) is 0. The minimum Gasteiger partial charge on any atom is -0.493 e. The molecular formula is C18H22N2O. The topological polar surface area (TPSA) is 34.1 Å². The molecule has 1 aromatic carbocycles. The fourth-order valence-electron chi connectivity index (χ4n) is 2.91. The highest BCUT2D eigenvalue weighted by Crippen LogP contribution is 2.33. The Hall–Kier alpha value is -1.87. The summed E-state index contributed by atoms with van der Waals surface area (Å²) in [5, 5.41) is 3.69. The number of benzene rings is 1. The van der Waals surface area contributed by atoms with Gasteiger partial charge in [-0.05, 0) is 49.9 Å². The second kappa shape index (κ2) is 6.72.